The summed E-state index contributed by atoms with van der Waals surface area (Å²) in [5, 5.41) is 0. The highest BCUT2D eigenvalue weighted by atomic mass is 16.6. The fourth-order valence-electron chi connectivity index (χ4n) is 1.89. The largest absolute Gasteiger partial charge is 0.463 e. The Bertz CT molecular complexity index is 347. The third-order valence-corrected chi connectivity index (χ3v) is 2.83. The lowest BCUT2D eigenvalue weighted by Crippen LogP contribution is -2.38. The van der Waals surface area contributed by atoms with E-state index in [1.807, 2.05) is 30.3 Å². The van der Waals surface area contributed by atoms with Crippen LogP contribution in [0.2, 0.25) is 0 Å². The second-order valence-corrected chi connectivity index (χ2v) is 3.75. The Morgan fingerprint density at radius 3 is 2.67 bits per heavy atom. The molecule has 3 heteroatoms. The van der Waals surface area contributed by atoms with Crippen molar-refractivity contribution in [1.29, 1.82) is 0 Å². The summed E-state index contributed by atoms with van der Waals surface area (Å²) in [6.07, 6.45) is 1.22. The first-order valence-electron chi connectivity index (χ1n) is 5.03. The molecule has 1 unspecified atom stereocenters. The smallest absolute Gasteiger partial charge is 0.338 e. The average Bonchev–Trinajstić information content (AvgIpc) is 2.62. The Morgan fingerprint density at radius 2 is 2.13 bits per heavy atom. The van der Waals surface area contributed by atoms with Crippen LogP contribution >= 0.6 is 0 Å². The van der Waals surface area contributed by atoms with Gasteiger partial charge < -0.3 is 9.47 Å². The number of rotatable bonds is 3. The van der Waals surface area contributed by atoms with Gasteiger partial charge in [-0.05, 0) is 5.56 Å². The number of carbonyl (C=O) groups excluding carboxylic acids is 1. The van der Waals surface area contributed by atoms with Crippen LogP contribution in [-0.4, -0.2) is 25.3 Å². The predicted octanol–water partition coefficient (Wildman–Crippen LogP) is 1.56. The van der Waals surface area contributed by atoms with Crippen molar-refractivity contribution < 1.29 is 14.3 Å². The van der Waals surface area contributed by atoms with E-state index < -0.39 is 5.60 Å². The summed E-state index contributed by atoms with van der Waals surface area (Å²) >= 11 is 0. The minimum Gasteiger partial charge on any atom is -0.463 e. The summed E-state index contributed by atoms with van der Waals surface area (Å²) in [5.41, 5.74) is 0.333. The molecule has 3 nitrogen and oxygen atoms in total. The predicted molar refractivity (Wildman–Crippen MR) is 55.5 cm³/mol. The zero-order valence-corrected chi connectivity index (χ0v) is 8.73. The van der Waals surface area contributed by atoms with Crippen LogP contribution in [-0.2, 0) is 20.7 Å². The van der Waals surface area contributed by atoms with Gasteiger partial charge in [0.2, 0.25) is 0 Å². The van der Waals surface area contributed by atoms with Crippen molar-refractivity contribution in [3.8, 4) is 0 Å². The zero-order valence-electron chi connectivity index (χ0n) is 8.73. The van der Waals surface area contributed by atoms with E-state index in [0.717, 1.165) is 5.56 Å². The SMILES string of the molecule is COC1(Cc2ccccc2)CCOC1=O. The highest BCUT2D eigenvalue weighted by Crippen LogP contribution is 2.28. The van der Waals surface area contributed by atoms with E-state index in [-0.39, 0.29) is 5.97 Å². The third-order valence-electron chi connectivity index (χ3n) is 2.83. The molecule has 0 aliphatic carbocycles. The summed E-state index contributed by atoms with van der Waals surface area (Å²) in [6, 6.07) is 9.85. The Morgan fingerprint density at radius 1 is 1.40 bits per heavy atom. The van der Waals surface area contributed by atoms with E-state index in [0.29, 0.717) is 19.4 Å². The first kappa shape index (κ1) is 10.2. The monoisotopic (exact) mass is 206 g/mol. The van der Waals surface area contributed by atoms with Gasteiger partial charge in [0.05, 0.1) is 6.61 Å². The lowest BCUT2D eigenvalue weighted by atomic mass is 9.93. The molecule has 0 N–H and O–H groups in total. The van der Waals surface area contributed by atoms with Crippen LogP contribution in [0.15, 0.2) is 30.3 Å². The molecule has 0 saturated carbocycles. The molecule has 1 fully saturated rings. The van der Waals surface area contributed by atoms with E-state index in [9.17, 15) is 4.79 Å². The summed E-state index contributed by atoms with van der Waals surface area (Å²) < 4.78 is 10.3. The van der Waals surface area contributed by atoms with Gasteiger partial charge in [0, 0.05) is 20.0 Å². The Hall–Kier alpha value is -1.35. The van der Waals surface area contributed by atoms with Crippen molar-refractivity contribution in [3.63, 3.8) is 0 Å². The van der Waals surface area contributed by atoms with E-state index in [1.165, 1.54) is 0 Å². The number of carbonyl (C=O) groups is 1. The molecule has 0 radical (unpaired) electrons. The average molecular weight is 206 g/mol. The Labute approximate surface area is 89.0 Å². The van der Waals surface area contributed by atoms with Gasteiger partial charge in [-0.1, -0.05) is 30.3 Å². The molecule has 2 rings (SSSR count). The number of methoxy groups -OCH3 is 1. The molecular formula is C12H14O3. The molecule has 0 bridgehead atoms. The molecule has 0 aromatic heterocycles. The summed E-state index contributed by atoms with van der Waals surface area (Å²) in [7, 11) is 1.56. The standard InChI is InChI=1S/C12H14O3/c1-14-12(7-8-15-11(12)13)9-10-5-3-2-4-6-10/h2-6H,7-9H2,1H3. The fourth-order valence-corrected chi connectivity index (χ4v) is 1.89. The summed E-state index contributed by atoms with van der Waals surface area (Å²) in [6.45, 7) is 0.458. The van der Waals surface area contributed by atoms with Crippen molar-refractivity contribution in [3.05, 3.63) is 35.9 Å². The third kappa shape index (κ3) is 1.88. The number of cyclic esters (lactones) is 1. The van der Waals surface area contributed by atoms with Crippen LogP contribution in [0, 0.1) is 0 Å². The van der Waals surface area contributed by atoms with Crippen molar-refractivity contribution in [2.24, 2.45) is 0 Å². The highest BCUT2D eigenvalue weighted by Gasteiger charge is 2.44. The molecular weight excluding hydrogens is 192 g/mol. The maximum Gasteiger partial charge on any atom is 0.338 e. The van der Waals surface area contributed by atoms with Crippen LogP contribution in [0.4, 0.5) is 0 Å². The molecule has 0 spiro atoms. The lowest BCUT2D eigenvalue weighted by molar-refractivity contribution is -0.155. The van der Waals surface area contributed by atoms with Gasteiger partial charge in [-0.2, -0.15) is 0 Å². The van der Waals surface area contributed by atoms with Crippen LogP contribution in [0.3, 0.4) is 0 Å². The quantitative estimate of drug-likeness (QED) is 0.704. The summed E-state index contributed by atoms with van der Waals surface area (Å²) in [4.78, 5) is 11.6. The first-order chi connectivity index (χ1) is 7.27. The van der Waals surface area contributed by atoms with Crippen LogP contribution in [0.5, 0.6) is 0 Å². The Kier molecular flexibility index (Phi) is 2.73. The van der Waals surface area contributed by atoms with Crippen molar-refractivity contribution >= 4 is 5.97 Å². The number of hydrogen-bond acceptors (Lipinski definition) is 3. The lowest BCUT2D eigenvalue weighted by Gasteiger charge is -2.22. The summed E-state index contributed by atoms with van der Waals surface area (Å²) in [5.74, 6) is -0.242. The number of ether oxygens (including phenoxy) is 2. The maximum absolute atomic E-state index is 11.6. The van der Waals surface area contributed by atoms with Gasteiger partial charge in [-0.3, -0.25) is 0 Å². The molecule has 1 saturated heterocycles. The second-order valence-electron chi connectivity index (χ2n) is 3.75. The minimum absolute atomic E-state index is 0.242. The van der Waals surface area contributed by atoms with Crippen molar-refractivity contribution in [2.75, 3.05) is 13.7 Å². The molecule has 0 amide bonds. The van der Waals surface area contributed by atoms with Gasteiger partial charge in [0.1, 0.15) is 0 Å². The number of benzene rings is 1. The zero-order chi connectivity index (χ0) is 10.7. The molecule has 1 aliphatic heterocycles. The second kappa shape index (κ2) is 4.03. The van der Waals surface area contributed by atoms with Crippen molar-refractivity contribution in [2.45, 2.75) is 18.4 Å². The van der Waals surface area contributed by atoms with Crippen molar-refractivity contribution in [1.82, 2.24) is 0 Å². The normalized spacial score (nSPS) is 25.3. The fraction of sp³-hybridized carbons (Fsp3) is 0.417. The molecule has 1 atom stereocenters. The maximum atomic E-state index is 11.6. The highest BCUT2D eigenvalue weighted by molar-refractivity contribution is 5.81. The minimum atomic E-state index is -0.763. The first-order valence-corrected chi connectivity index (χ1v) is 5.03. The molecule has 1 heterocycles. The van der Waals surface area contributed by atoms with Crippen LogP contribution in [0.1, 0.15) is 12.0 Å². The van der Waals surface area contributed by atoms with Gasteiger partial charge in [-0.15, -0.1) is 0 Å². The molecule has 1 aliphatic rings. The van der Waals surface area contributed by atoms with Crippen LogP contribution in [0.25, 0.3) is 0 Å². The molecule has 80 valence electrons. The van der Waals surface area contributed by atoms with E-state index in [1.54, 1.807) is 7.11 Å². The number of esters is 1. The van der Waals surface area contributed by atoms with Gasteiger partial charge in [0.25, 0.3) is 0 Å². The Balaban J connectivity index is 2.19. The molecule has 1 aromatic carbocycles. The number of hydrogen-bond donors (Lipinski definition) is 0. The van der Waals surface area contributed by atoms with E-state index >= 15 is 0 Å². The van der Waals surface area contributed by atoms with Gasteiger partial charge in [0.15, 0.2) is 5.60 Å². The molecule has 1 aromatic rings. The van der Waals surface area contributed by atoms with Gasteiger partial charge in [-0.25, -0.2) is 4.79 Å². The van der Waals surface area contributed by atoms with E-state index in [2.05, 4.69) is 0 Å². The molecule has 15 heavy (non-hydrogen) atoms. The van der Waals surface area contributed by atoms with Gasteiger partial charge >= 0.3 is 5.97 Å². The van der Waals surface area contributed by atoms with E-state index in [4.69, 9.17) is 9.47 Å². The topological polar surface area (TPSA) is 35.5 Å². The van der Waals surface area contributed by atoms with Crippen LogP contribution < -0.4 is 0 Å².